The number of nitro groups is 1. The summed E-state index contributed by atoms with van der Waals surface area (Å²) in [4.78, 5) is 14.5. The summed E-state index contributed by atoms with van der Waals surface area (Å²) in [5.41, 5.74) is 1.23. The molecule has 1 aliphatic rings. The van der Waals surface area contributed by atoms with Crippen molar-refractivity contribution in [3.63, 3.8) is 0 Å². The second-order valence-electron chi connectivity index (χ2n) is 3.95. The SMILES string of the molecule is O=[N+]([O-])c1cc(Br)cnc1NCC1=CCNCC1. The molecule has 1 aromatic heterocycles. The molecule has 18 heavy (non-hydrogen) atoms. The lowest BCUT2D eigenvalue weighted by Crippen LogP contribution is -2.23. The molecular weight excluding hydrogens is 300 g/mol. The number of nitrogens with one attached hydrogen (secondary N) is 2. The van der Waals surface area contributed by atoms with Crippen molar-refractivity contribution < 1.29 is 4.92 Å². The van der Waals surface area contributed by atoms with E-state index in [1.54, 1.807) is 6.20 Å². The van der Waals surface area contributed by atoms with Crippen LogP contribution in [0.4, 0.5) is 11.5 Å². The number of aromatic nitrogens is 1. The second kappa shape index (κ2) is 5.92. The molecule has 2 heterocycles. The van der Waals surface area contributed by atoms with E-state index < -0.39 is 4.92 Å². The van der Waals surface area contributed by atoms with Crippen LogP contribution in [-0.4, -0.2) is 29.5 Å². The maximum Gasteiger partial charge on any atom is 0.312 e. The van der Waals surface area contributed by atoms with Crippen LogP contribution < -0.4 is 10.6 Å². The van der Waals surface area contributed by atoms with E-state index in [0.29, 0.717) is 16.8 Å². The number of hydrogen-bond donors (Lipinski definition) is 2. The summed E-state index contributed by atoms with van der Waals surface area (Å²) >= 11 is 3.18. The fourth-order valence-corrected chi connectivity index (χ4v) is 2.05. The zero-order chi connectivity index (χ0) is 13.0. The van der Waals surface area contributed by atoms with Gasteiger partial charge in [0.05, 0.1) is 4.92 Å². The van der Waals surface area contributed by atoms with Crippen molar-refractivity contribution in [2.24, 2.45) is 0 Å². The third-order valence-electron chi connectivity index (χ3n) is 2.67. The van der Waals surface area contributed by atoms with Gasteiger partial charge in [0.1, 0.15) is 0 Å². The van der Waals surface area contributed by atoms with E-state index in [1.165, 1.54) is 11.6 Å². The normalized spacial score (nSPS) is 15.1. The van der Waals surface area contributed by atoms with Crippen LogP contribution in [0.25, 0.3) is 0 Å². The molecule has 7 heteroatoms. The molecule has 0 aromatic carbocycles. The molecule has 1 aromatic rings. The molecule has 0 amide bonds. The van der Waals surface area contributed by atoms with Crippen LogP contribution in [-0.2, 0) is 0 Å². The van der Waals surface area contributed by atoms with Crippen molar-refractivity contribution >= 4 is 27.4 Å². The predicted octanol–water partition coefficient (Wildman–Crippen LogP) is 2.08. The first-order valence-corrected chi connectivity index (χ1v) is 6.38. The molecule has 1 aliphatic heterocycles. The largest absolute Gasteiger partial charge is 0.361 e. The van der Waals surface area contributed by atoms with Crippen LogP contribution in [0, 0.1) is 10.1 Å². The molecule has 0 radical (unpaired) electrons. The standard InChI is InChI=1S/C11H13BrN4O2/c12-9-5-10(16(17)18)11(15-7-9)14-6-8-1-3-13-4-2-8/h1,5,7,13H,2-4,6H2,(H,14,15). The summed E-state index contributed by atoms with van der Waals surface area (Å²) in [5, 5.41) is 17.1. The zero-order valence-electron chi connectivity index (χ0n) is 9.65. The summed E-state index contributed by atoms with van der Waals surface area (Å²) in [7, 11) is 0. The van der Waals surface area contributed by atoms with Crippen LogP contribution in [0.15, 0.2) is 28.4 Å². The minimum absolute atomic E-state index is 0.0149. The molecule has 0 saturated heterocycles. The first-order valence-electron chi connectivity index (χ1n) is 5.59. The molecule has 0 atom stereocenters. The second-order valence-corrected chi connectivity index (χ2v) is 4.86. The van der Waals surface area contributed by atoms with E-state index >= 15 is 0 Å². The Kier molecular flexibility index (Phi) is 4.27. The van der Waals surface area contributed by atoms with Crippen molar-refractivity contribution in [2.75, 3.05) is 25.0 Å². The molecule has 2 rings (SSSR count). The molecule has 2 N–H and O–H groups in total. The van der Waals surface area contributed by atoms with Crippen molar-refractivity contribution in [1.82, 2.24) is 10.3 Å². The average molecular weight is 313 g/mol. The number of anilines is 1. The highest BCUT2D eigenvalue weighted by Crippen LogP contribution is 2.25. The summed E-state index contributed by atoms with van der Waals surface area (Å²) in [6, 6.07) is 1.45. The van der Waals surface area contributed by atoms with E-state index in [9.17, 15) is 10.1 Å². The van der Waals surface area contributed by atoms with Gasteiger partial charge in [-0.1, -0.05) is 11.6 Å². The smallest absolute Gasteiger partial charge is 0.312 e. The van der Waals surface area contributed by atoms with Crippen LogP contribution in [0.3, 0.4) is 0 Å². The van der Waals surface area contributed by atoms with E-state index in [-0.39, 0.29) is 5.69 Å². The van der Waals surface area contributed by atoms with E-state index in [4.69, 9.17) is 0 Å². The molecule has 6 nitrogen and oxygen atoms in total. The van der Waals surface area contributed by atoms with Gasteiger partial charge < -0.3 is 10.6 Å². The topological polar surface area (TPSA) is 80.1 Å². The summed E-state index contributed by atoms with van der Waals surface area (Å²) in [6.07, 6.45) is 4.60. The first-order chi connectivity index (χ1) is 8.66. The van der Waals surface area contributed by atoms with Gasteiger partial charge in [-0.15, -0.1) is 0 Å². The van der Waals surface area contributed by atoms with Crippen LogP contribution in [0.2, 0.25) is 0 Å². The lowest BCUT2D eigenvalue weighted by Gasteiger charge is -2.14. The van der Waals surface area contributed by atoms with Crippen molar-refractivity contribution in [1.29, 1.82) is 0 Å². The van der Waals surface area contributed by atoms with Gasteiger partial charge in [0, 0.05) is 29.8 Å². The highest BCUT2D eigenvalue weighted by Gasteiger charge is 2.16. The Bertz CT molecular complexity index is 490. The molecule has 0 unspecified atom stereocenters. The minimum atomic E-state index is -0.434. The number of halogens is 1. The molecule has 0 bridgehead atoms. The molecule has 0 saturated carbocycles. The molecule has 0 fully saturated rings. The van der Waals surface area contributed by atoms with Crippen molar-refractivity contribution in [3.05, 3.63) is 38.5 Å². The Labute approximate surface area is 113 Å². The van der Waals surface area contributed by atoms with E-state index in [2.05, 4.69) is 37.6 Å². The van der Waals surface area contributed by atoms with Gasteiger partial charge in [0.2, 0.25) is 5.82 Å². The average Bonchev–Trinajstić information content (AvgIpc) is 2.38. The highest BCUT2D eigenvalue weighted by atomic mass is 79.9. The third kappa shape index (κ3) is 3.27. The van der Waals surface area contributed by atoms with Crippen LogP contribution in [0.1, 0.15) is 6.42 Å². The Morgan fingerprint density at radius 2 is 2.44 bits per heavy atom. The number of nitrogens with zero attached hydrogens (tertiary/aromatic N) is 2. The maximum absolute atomic E-state index is 10.9. The van der Waals surface area contributed by atoms with Crippen molar-refractivity contribution in [3.8, 4) is 0 Å². The van der Waals surface area contributed by atoms with Gasteiger partial charge in [-0.2, -0.15) is 0 Å². The van der Waals surface area contributed by atoms with Gasteiger partial charge in [-0.05, 0) is 28.9 Å². The first kappa shape index (κ1) is 13.0. The fraction of sp³-hybridized carbons (Fsp3) is 0.364. The van der Waals surface area contributed by atoms with E-state index in [1.807, 2.05) is 0 Å². The fourth-order valence-electron chi connectivity index (χ4n) is 1.73. The monoisotopic (exact) mass is 312 g/mol. The Morgan fingerprint density at radius 1 is 1.61 bits per heavy atom. The third-order valence-corrected chi connectivity index (χ3v) is 3.11. The van der Waals surface area contributed by atoms with Gasteiger partial charge in [-0.3, -0.25) is 10.1 Å². The highest BCUT2D eigenvalue weighted by molar-refractivity contribution is 9.10. The Morgan fingerprint density at radius 3 is 3.11 bits per heavy atom. The Balaban J connectivity index is 2.08. The van der Waals surface area contributed by atoms with E-state index in [0.717, 1.165) is 19.5 Å². The summed E-state index contributed by atoms with van der Waals surface area (Å²) in [5.74, 6) is 0.308. The van der Waals surface area contributed by atoms with Crippen LogP contribution in [0.5, 0.6) is 0 Å². The zero-order valence-corrected chi connectivity index (χ0v) is 11.2. The van der Waals surface area contributed by atoms with Gasteiger partial charge in [-0.25, -0.2) is 4.98 Å². The summed E-state index contributed by atoms with van der Waals surface area (Å²) in [6.45, 7) is 2.40. The maximum atomic E-state index is 10.9. The van der Waals surface area contributed by atoms with Gasteiger partial charge in [0.15, 0.2) is 0 Å². The molecular formula is C11H13BrN4O2. The van der Waals surface area contributed by atoms with Crippen molar-refractivity contribution in [2.45, 2.75) is 6.42 Å². The summed E-state index contributed by atoms with van der Waals surface area (Å²) < 4.78 is 0.598. The molecule has 0 aliphatic carbocycles. The number of pyridine rings is 1. The Hall–Kier alpha value is -1.47. The quantitative estimate of drug-likeness (QED) is 0.505. The lowest BCUT2D eigenvalue weighted by atomic mass is 10.1. The molecule has 0 spiro atoms. The number of rotatable bonds is 4. The minimum Gasteiger partial charge on any atom is -0.361 e. The van der Waals surface area contributed by atoms with Gasteiger partial charge >= 0.3 is 5.69 Å². The molecule has 96 valence electrons. The number of hydrogen-bond acceptors (Lipinski definition) is 5. The van der Waals surface area contributed by atoms with Crippen LogP contribution >= 0.6 is 15.9 Å². The lowest BCUT2D eigenvalue weighted by molar-refractivity contribution is -0.384. The predicted molar refractivity (Wildman–Crippen MR) is 72.7 cm³/mol. The van der Waals surface area contributed by atoms with Gasteiger partial charge in [0.25, 0.3) is 0 Å².